The SMILES string of the molecule is N=C1c2ccsc2C(=N)c2c(CCO)cccc21. The zero-order valence-electron chi connectivity index (χ0n) is 9.66. The van der Waals surface area contributed by atoms with Crippen LogP contribution in [0, 0.1) is 10.8 Å². The van der Waals surface area contributed by atoms with Crippen LogP contribution >= 0.6 is 11.3 Å². The normalized spacial score (nSPS) is 13.4. The molecule has 0 spiro atoms. The number of fused-ring (bicyclic) bond motifs is 2. The average molecular weight is 256 g/mol. The minimum atomic E-state index is 0.0639. The van der Waals surface area contributed by atoms with Gasteiger partial charge in [-0.3, -0.25) is 10.8 Å². The highest BCUT2D eigenvalue weighted by Crippen LogP contribution is 2.32. The summed E-state index contributed by atoms with van der Waals surface area (Å²) in [5.74, 6) is 0. The lowest BCUT2D eigenvalue weighted by atomic mass is 9.84. The van der Waals surface area contributed by atoms with E-state index < -0.39 is 0 Å². The van der Waals surface area contributed by atoms with Crippen molar-refractivity contribution >= 4 is 22.8 Å². The van der Waals surface area contributed by atoms with E-state index in [1.54, 1.807) is 0 Å². The van der Waals surface area contributed by atoms with E-state index in [2.05, 4.69) is 0 Å². The molecule has 0 saturated heterocycles. The van der Waals surface area contributed by atoms with E-state index in [9.17, 15) is 0 Å². The Balaban J connectivity index is 2.26. The third kappa shape index (κ3) is 1.46. The van der Waals surface area contributed by atoms with Crippen LogP contribution in [0.5, 0.6) is 0 Å². The Morgan fingerprint density at radius 3 is 2.67 bits per heavy atom. The molecule has 0 amide bonds. The maximum Gasteiger partial charge on any atom is 0.0800 e. The van der Waals surface area contributed by atoms with Crippen LogP contribution in [0.15, 0.2) is 29.6 Å². The van der Waals surface area contributed by atoms with Gasteiger partial charge in [-0.05, 0) is 23.4 Å². The lowest BCUT2D eigenvalue weighted by Crippen LogP contribution is -2.21. The van der Waals surface area contributed by atoms with Gasteiger partial charge in [0.2, 0.25) is 0 Å². The number of rotatable bonds is 2. The van der Waals surface area contributed by atoms with Crippen molar-refractivity contribution in [3.63, 3.8) is 0 Å². The molecule has 1 aromatic carbocycles. The standard InChI is InChI=1S/C14H12N2OS/c15-12-9-3-1-2-8(4-6-17)11(9)13(16)14-10(12)5-7-18-14/h1-3,5,7,15-17H,4,6H2. The Kier molecular flexibility index (Phi) is 2.61. The largest absolute Gasteiger partial charge is 0.396 e. The van der Waals surface area contributed by atoms with E-state index >= 15 is 0 Å². The molecule has 0 radical (unpaired) electrons. The maximum atomic E-state index is 9.11. The molecule has 3 rings (SSSR count). The summed E-state index contributed by atoms with van der Waals surface area (Å²) in [6.07, 6.45) is 0.527. The van der Waals surface area contributed by atoms with Gasteiger partial charge in [-0.2, -0.15) is 0 Å². The van der Waals surface area contributed by atoms with Crippen LogP contribution in [0.2, 0.25) is 0 Å². The molecule has 0 saturated carbocycles. The minimum Gasteiger partial charge on any atom is -0.396 e. The Hall–Kier alpha value is -1.78. The van der Waals surface area contributed by atoms with Gasteiger partial charge in [0.05, 0.1) is 16.3 Å². The monoisotopic (exact) mass is 256 g/mol. The fraction of sp³-hybridized carbons (Fsp3) is 0.143. The molecule has 90 valence electrons. The quantitative estimate of drug-likeness (QED) is 0.647. The van der Waals surface area contributed by atoms with Crippen LogP contribution in [0.3, 0.4) is 0 Å². The van der Waals surface area contributed by atoms with Gasteiger partial charge in [0.25, 0.3) is 0 Å². The Labute approximate surface area is 109 Å². The Morgan fingerprint density at radius 2 is 1.89 bits per heavy atom. The molecule has 18 heavy (non-hydrogen) atoms. The summed E-state index contributed by atoms with van der Waals surface area (Å²) in [7, 11) is 0. The van der Waals surface area contributed by atoms with Crippen molar-refractivity contribution in [3.8, 4) is 0 Å². The van der Waals surface area contributed by atoms with Crippen molar-refractivity contribution < 1.29 is 5.11 Å². The van der Waals surface area contributed by atoms with E-state index in [1.807, 2.05) is 29.6 Å². The highest BCUT2D eigenvalue weighted by molar-refractivity contribution is 7.13. The first kappa shape index (κ1) is 11.3. The van der Waals surface area contributed by atoms with Crippen LogP contribution in [0.25, 0.3) is 0 Å². The van der Waals surface area contributed by atoms with E-state index in [0.717, 1.165) is 27.1 Å². The van der Waals surface area contributed by atoms with Crippen molar-refractivity contribution in [2.75, 3.05) is 6.61 Å². The minimum absolute atomic E-state index is 0.0639. The van der Waals surface area contributed by atoms with Crippen molar-refractivity contribution in [3.05, 3.63) is 56.8 Å². The summed E-state index contributed by atoms with van der Waals surface area (Å²) in [4.78, 5) is 0.859. The van der Waals surface area contributed by atoms with Crippen LogP contribution in [0.4, 0.5) is 0 Å². The fourth-order valence-electron chi connectivity index (χ4n) is 2.39. The summed E-state index contributed by atoms with van der Waals surface area (Å²) < 4.78 is 0. The first-order chi connectivity index (χ1) is 8.74. The van der Waals surface area contributed by atoms with Gasteiger partial charge in [-0.25, -0.2) is 0 Å². The number of aliphatic hydroxyl groups is 1. The Morgan fingerprint density at radius 1 is 1.06 bits per heavy atom. The highest BCUT2D eigenvalue weighted by atomic mass is 32.1. The average Bonchev–Trinajstić information content (AvgIpc) is 2.86. The van der Waals surface area contributed by atoms with Crippen LogP contribution in [-0.2, 0) is 6.42 Å². The van der Waals surface area contributed by atoms with Gasteiger partial charge in [0, 0.05) is 23.3 Å². The summed E-state index contributed by atoms with van der Waals surface area (Å²) >= 11 is 1.50. The van der Waals surface area contributed by atoms with Crippen LogP contribution < -0.4 is 0 Å². The summed E-state index contributed by atoms with van der Waals surface area (Å²) in [5, 5.41) is 27.6. The van der Waals surface area contributed by atoms with E-state index in [-0.39, 0.29) is 6.61 Å². The summed E-state index contributed by atoms with van der Waals surface area (Å²) in [6, 6.07) is 7.60. The third-order valence-electron chi connectivity index (χ3n) is 3.21. The first-order valence-electron chi connectivity index (χ1n) is 5.73. The maximum absolute atomic E-state index is 9.11. The van der Waals surface area contributed by atoms with Gasteiger partial charge < -0.3 is 5.11 Å². The predicted octanol–water partition coefficient (Wildman–Crippen LogP) is 2.43. The number of nitrogens with one attached hydrogen (secondary N) is 2. The molecule has 3 nitrogen and oxygen atoms in total. The van der Waals surface area contributed by atoms with E-state index in [1.165, 1.54) is 11.3 Å². The van der Waals surface area contributed by atoms with Crippen molar-refractivity contribution in [2.24, 2.45) is 0 Å². The topological polar surface area (TPSA) is 67.9 Å². The molecule has 0 fully saturated rings. The van der Waals surface area contributed by atoms with Crippen molar-refractivity contribution in [1.29, 1.82) is 10.8 Å². The third-order valence-corrected chi connectivity index (χ3v) is 4.14. The second kappa shape index (κ2) is 4.15. The predicted molar refractivity (Wildman–Crippen MR) is 73.4 cm³/mol. The lowest BCUT2D eigenvalue weighted by Gasteiger charge is -2.21. The van der Waals surface area contributed by atoms with Gasteiger partial charge >= 0.3 is 0 Å². The van der Waals surface area contributed by atoms with E-state index in [4.69, 9.17) is 15.9 Å². The van der Waals surface area contributed by atoms with Gasteiger partial charge in [-0.1, -0.05) is 18.2 Å². The Bertz CT molecular complexity index is 658. The van der Waals surface area contributed by atoms with Gasteiger partial charge in [0.15, 0.2) is 0 Å². The molecule has 1 aliphatic rings. The number of benzene rings is 1. The molecule has 0 aliphatic heterocycles. The molecule has 1 aromatic heterocycles. The number of hydrogen-bond acceptors (Lipinski definition) is 4. The van der Waals surface area contributed by atoms with Crippen LogP contribution in [-0.4, -0.2) is 23.1 Å². The molecule has 0 unspecified atom stereocenters. The number of aliphatic hydroxyl groups excluding tert-OH is 1. The van der Waals surface area contributed by atoms with Gasteiger partial charge in [-0.15, -0.1) is 11.3 Å². The number of hydrogen-bond donors (Lipinski definition) is 3. The summed E-state index contributed by atoms with van der Waals surface area (Å²) in [6.45, 7) is 0.0639. The smallest absolute Gasteiger partial charge is 0.0800 e. The zero-order valence-corrected chi connectivity index (χ0v) is 10.5. The first-order valence-corrected chi connectivity index (χ1v) is 6.61. The molecule has 0 atom stereocenters. The van der Waals surface area contributed by atoms with Gasteiger partial charge in [0.1, 0.15) is 0 Å². The second-order valence-corrected chi connectivity index (χ2v) is 5.14. The molecule has 2 aromatic rings. The molecule has 0 bridgehead atoms. The highest BCUT2D eigenvalue weighted by Gasteiger charge is 2.27. The summed E-state index contributed by atoms with van der Waals surface area (Å²) in [5.41, 5.74) is 4.37. The fourth-order valence-corrected chi connectivity index (χ4v) is 3.25. The molecular formula is C14H12N2OS. The molecule has 1 heterocycles. The molecule has 3 N–H and O–H groups in total. The lowest BCUT2D eigenvalue weighted by molar-refractivity contribution is 0.299. The van der Waals surface area contributed by atoms with Crippen LogP contribution in [0.1, 0.15) is 27.1 Å². The van der Waals surface area contributed by atoms with Crippen molar-refractivity contribution in [2.45, 2.75) is 6.42 Å². The zero-order chi connectivity index (χ0) is 12.7. The van der Waals surface area contributed by atoms with E-state index in [0.29, 0.717) is 17.8 Å². The molecule has 1 aliphatic carbocycles. The molecular weight excluding hydrogens is 244 g/mol. The number of thiophene rings is 1. The van der Waals surface area contributed by atoms with Crippen molar-refractivity contribution in [1.82, 2.24) is 0 Å². The second-order valence-electron chi connectivity index (χ2n) is 4.23. The molecule has 4 heteroatoms.